The summed E-state index contributed by atoms with van der Waals surface area (Å²) in [7, 11) is 0. The summed E-state index contributed by atoms with van der Waals surface area (Å²) in [5.41, 5.74) is 8.14. The average Bonchev–Trinajstić information content (AvgIpc) is 2.70. The molecule has 0 aliphatic carbocycles. The Morgan fingerprint density at radius 3 is 2.72 bits per heavy atom. The fourth-order valence-corrected chi connectivity index (χ4v) is 3.43. The number of non-ortho nitro benzene ring substituents is 1. The van der Waals surface area contributed by atoms with Crippen LogP contribution in [0.2, 0.25) is 0 Å². The van der Waals surface area contributed by atoms with Crippen molar-refractivity contribution in [2.45, 2.75) is 19.5 Å². The number of benzene rings is 2. The van der Waals surface area contributed by atoms with E-state index >= 15 is 0 Å². The van der Waals surface area contributed by atoms with E-state index in [2.05, 4.69) is 9.97 Å². The lowest BCUT2D eigenvalue weighted by molar-refractivity contribution is -0.385. The third kappa shape index (κ3) is 3.85. The molecule has 0 atom stereocenters. The van der Waals surface area contributed by atoms with Gasteiger partial charge in [0.1, 0.15) is 11.6 Å². The quantitative estimate of drug-likeness (QED) is 0.398. The molecule has 3 N–H and O–H groups in total. The summed E-state index contributed by atoms with van der Waals surface area (Å²) < 4.78 is 14.1. The van der Waals surface area contributed by atoms with Crippen LogP contribution in [0, 0.1) is 15.9 Å². The van der Waals surface area contributed by atoms with E-state index in [1.165, 1.54) is 6.07 Å². The van der Waals surface area contributed by atoms with Gasteiger partial charge in [0.05, 0.1) is 16.2 Å². The molecule has 0 unspecified atom stereocenters. The minimum atomic E-state index is -0.554. The third-order valence-electron chi connectivity index (χ3n) is 4.97. The molecule has 0 saturated carbocycles. The van der Waals surface area contributed by atoms with E-state index in [4.69, 9.17) is 5.73 Å². The monoisotopic (exact) mass is 395 g/mol. The second kappa shape index (κ2) is 7.44. The normalized spacial score (nSPS) is 13.8. The summed E-state index contributed by atoms with van der Waals surface area (Å²) in [4.78, 5) is 32.3. The number of halogens is 1. The van der Waals surface area contributed by atoms with Crippen molar-refractivity contribution in [2.24, 2.45) is 0 Å². The fraction of sp³-hybridized carbons (Fsp3) is 0.200. The molecule has 29 heavy (non-hydrogen) atoms. The van der Waals surface area contributed by atoms with E-state index < -0.39 is 10.7 Å². The van der Waals surface area contributed by atoms with Crippen LogP contribution in [0.3, 0.4) is 0 Å². The maximum Gasteiger partial charge on any atom is 0.269 e. The highest BCUT2D eigenvalue weighted by Crippen LogP contribution is 2.23. The van der Waals surface area contributed by atoms with E-state index in [1.807, 2.05) is 4.90 Å². The summed E-state index contributed by atoms with van der Waals surface area (Å²) in [5.74, 6) is -0.0286. The number of hydrogen-bond acceptors (Lipinski definition) is 6. The van der Waals surface area contributed by atoms with Gasteiger partial charge in [0, 0.05) is 55.0 Å². The highest BCUT2D eigenvalue weighted by Gasteiger charge is 2.23. The number of nitrogens with two attached hydrogens (primary N) is 1. The van der Waals surface area contributed by atoms with Gasteiger partial charge < -0.3 is 10.7 Å². The number of aromatic amines is 1. The molecular weight excluding hydrogens is 377 g/mol. The molecule has 0 amide bonds. The molecule has 3 aromatic rings. The second-order valence-corrected chi connectivity index (χ2v) is 6.96. The van der Waals surface area contributed by atoms with Crippen molar-refractivity contribution in [3.63, 3.8) is 0 Å². The first-order valence-corrected chi connectivity index (χ1v) is 9.04. The molecule has 2 aromatic carbocycles. The molecule has 8 nitrogen and oxygen atoms in total. The first-order chi connectivity index (χ1) is 13.9. The van der Waals surface area contributed by atoms with Gasteiger partial charge >= 0.3 is 0 Å². The summed E-state index contributed by atoms with van der Waals surface area (Å²) in [5, 5.41) is 10.9. The Labute approximate surface area is 165 Å². The lowest BCUT2D eigenvalue weighted by atomic mass is 10.0. The van der Waals surface area contributed by atoms with Crippen molar-refractivity contribution >= 4 is 11.4 Å². The number of nitro groups is 1. The first-order valence-electron chi connectivity index (χ1n) is 9.04. The largest absolute Gasteiger partial charge is 0.399 e. The van der Waals surface area contributed by atoms with E-state index in [1.54, 1.807) is 24.3 Å². The van der Waals surface area contributed by atoms with Crippen LogP contribution in [0.4, 0.5) is 15.8 Å². The molecule has 0 bridgehead atoms. The number of anilines is 1. The molecule has 0 spiro atoms. The molecule has 148 valence electrons. The van der Waals surface area contributed by atoms with Crippen LogP contribution < -0.4 is 11.3 Å². The van der Waals surface area contributed by atoms with Gasteiger partial charge in [0.2, 0.25) is 0 Å². The Kier molecular flexibility index (Phi) is 4.81. The summed E-state index contributed by atoms with van der Waals surface area (Å²) in [6, 6.07) is 10.5. The van der Waals surface area contributed by atoms with Gasteiger partial charge in [0.15, 0.2) is 0 Å². The van der Waals surface area contributed by atoms with Crippen molar-refractivity contribution in [1.29, 1.82) is 0 Å². The lowest BCUT2D eigenvalue weighted by Gasteiger charge is -2.27. The van der Waals surface area contributed by atoms with Gasteiger partial charge in [-0.15, -0.1) is 0 Å². The Morgan fingerprint density at radius 1 is 1.24 bits per heavy atom. The molecular formula is C20H18FN5O3. The smallest absolute Gasteiger partial charge is 0.269 e. The van der Waals surface area contributed by atoms with E-state index in [-0.39, 0.29) is 23.4 Å². The van der Waals surface area contributed by atoms with Crippen LogP contribution in [0.5, 0.6) is 0 Å². The zero-order valence-electron chi connectivity index (χ0n) is 15.4. The molecule has 0 saturated heterocycles. The lowest BCUT2D eigenvalue weighted by Crippen LogP contribution is -2.35. The SMILES string of the molecule is Nc1ccc(-c2nc3c(c(=O)[nH]2)CN(Cc2cc([N+](=O)[O-])ccc2F)CC3)cc1. The molecule has 9 heteroatoms. The molecule has 2 heterocycles. The van der Waals surface area contributed by atoms with E-state index in [0.29, 0.717) is 42.3 Å². The standard InChI is InChI=1S/C20H18FN5O3/c21-17-6-5-15(26(28)29)9-13(17)10-25-8-7-18-16(11-25)20(27)24-19(23-18)12-1-3-14(22)4-2-12/h1-6,9H,7-8,10-11,22H2,(H,23,24,27). The first kappa shape index (κ1) is 18.8. The van der Waals surface area contributed by atoms with E-state index in [9.17, 15) is 19.3 Å². The van der Waals surface area contributed by atoms with Crippen molar-refractivity contribution in [3.05, 3.63) is 85.6 Å². The summed E-state index contributed by atoms with van der Waals surface area (Å²) in [6.45, 7) is 1.03. The minimum absolute atomic E-state index is 0.161. The Bertz CT molecular complexity index is 1140. The van der Waals surface area contributed by atoms with Crippen LogP contribution in [-0.2, 0) is 19.5 Å². The van der Waals surface area contributed by atoms with Gasteiger partial charge in [0.25, 0.3) is 11.2 Å². The minimum Gasteiger partial charge on any atom is -0.399 e. The predicted molar refractivity (Wildman–Crippen MR) is 106 cm³/mol. The van der Waals surface area contributed by atoms with Gasteiger partial charge in [-0.3, -0.25) is 19.8 Å². The number of nitrogens with zero attached hydrogens (tertiary/aromatic N) is 3. The predicted octanol–water partition coefficient (Wildman–Crippen LogP) is 2.62. The van der Waals surface area contributed by atoms with Crippen molar-refractivity contribution in [2.75, 3.05) is 12.3 Å². The van der Waals surface area contributed by atoms with Crippen LogP contribution in [0.25, 0.3) is 11.4 Å². The Balaban J connectivity index is 1.58. The number of hydrogen-bond donors (Lipinski definition) is 2. The molecule has 4 rings (SSSR count). The molecule has 0 radical (unpaired) electrons. The Morgan fingerprint density at radius 2 is 2.00 bits per heavy atom. The third-order valence-corrected chi connectivity index (χ3v) is 4.97. The van der Waals surface area contributed by atoms with Crippen molar-refractivity contribution < 1.29 is 9.31 Å². The maximum atomic E-state index is 14.1. The highest BCUT2D eigenvalue weighted by atomic mass is 19.1. The summed E-state index contributed by atoms with van der Waals surface area (Å²) >= 11 is 0. The summed E-state index contributed by atoms with van der Waals surface area (Å²) in [6.07, 6.45) is 0.526. The van der Waals surface area contributed by atoms with Crippen LogP contribution in [0.1, 0.15) is 16.8 Å². The number of rotatable bonds is 4. The number of nitrogen functional groups attached to an aromatic ring is 1. The van der Waals surface area contributed by atoms with E-state index in [0.717, 1.165) is 17.7 Å². The van der Waals surface area contributed by atoms with Crippen molar-refractivity contribution in [3.8, 4) is 11.4 Å². The number of aromatic nitrogens is 2. The van der Waals surface area contributed by atoms with Gasteiger partial charge in [-0.05, 0) is 30.3 Å². The zero-order valence-corrected chi connectivity index (χ0v) is 15.4. The molecule has 0 fully saturated rings. The second-order valence-electron chi connectivity index (χ2n) is 6.96. The van der Waals surface area contributed by atoms with Crippen LogP contribution in [0.15, 0.2) is 47.3 Å². The van der Waals surface area contributed by atoms with Gasteiger partial charge in [-0.1, -0.05) is 0 Å². The number of nitrogens with one attached hydrogen (secondary N) is 1. The topological polar surface area (TPSA) is 118 Å². The number of H-pyrrole nitrogens is 1. The molecule has 1 aromatic heterocycles. The van der Waals surface area contributed by atoms with Gasteiger partial charge in [-0.2, -0.15) is 0 Å². The number of nitro benzene ring substituents is 1. The van der Waals surface area contributed by atoms with Crippen LogP contribution >= 0.6 is 0 Å². The van der Waals surface area contributed by atoms with Crippen molar-refractivity contribution in [1.82, 2.24) is 14.9 Å². The van der Waals surface area contributed by atoms with Gasteiger partial charge in [-0.25, -0.2) is 9.37 Å². The maximum absolute atomic E-state index is 14.1. The zero-order chi connectivity index (χ0) is 20.5. The molecule has 1 aliphatic rings. The van der Waals surface area contributed by atoms with Crippen LogP contribution in [-0.4, -0.2) is 26.3 Å². The average molecular weight is 395 g/mol. The molecule has 1 aliphatic heterocycles. The Hall–Kier alpha value is -3.59. The highest BCUT2D eigenvalue weighted by molar-refractivity contribution is 5.58. The number of fused-ring (bicyclic) bond motifs is 1. The fourth-order valence-electron chi connectivity index (χ4n) is 3.43.